The highest BCUT2D eigenvalue weighted by Crippen LogP contribution is 2.36. The van der Waals surface area contributed by atoms with E-state index in [0.29, 0.717) is 35.5 Å². The van der Waals surface area contributed by atoms with Gasteiger partial charge in [0.25, 0.3) is 5.91 Å². The fourth-order valence-corrected chi connectivity index (χ4v) is 2.50. The molecule has 0 fully saturated rings. The average molecular weight is 282 g/mol. The van der Waals surface area contributed by atoms with Crippen molar-refractivity contribution in [1.82, 2.24) is 4.98 Å². The van der Waals surface area contributed by atoms with Crippen LogP contribution in [0.1, 0.15) is 27.1 Å². The zero-order chi connectivity index (χ0) is 14.8. The first kappa shape index (κ1) is 13.3. The van der Waals surface area contributed by atoms with Crippen molar-refractivity contribution in [2.24, 2.45) is 0 Å². The molecule has 21 heavy (non-hydrogen) atoms. The molecule has 0 spiro atoms. The van der Waals surface area contributed by atoms with E-state index in [4.69, 9.17) is 4.74 Å². The average Bonchev–Trinajstić information content (AvgIpc) is 2.55. The maximum absolute atomic E-state index is 12.7. The minimum absolute atomic E-state index is 0.0303. The maximum Gasteiger partial charge on any atom is 0.258 e. The molecule has 0 aliphatic carbocycles. The summed E-state index contributed by atoms with van der Waals surface area (Å²) in [5, 5.41) is 0. The molecule has 1 aliphatic heterocycles. The Labute approximate surface area is 122 Å². The summed E-state index contributed by atoms with van der Waals surface area (Å²) in [6, 6.07) is 8.56. The second-order valence-electron chi connectivity index (χ2n) is 4.72. The smallest absolute Gasteiger partial charge is 0.258 e. The molecule has 0 saturated heterocycles. The van der Waals surface area contributed by atoms with E-state index in [-0.39, 0.29) is 11.7 Å². The number of nitrogens with zero attached hydrogens (tertiary/aromatic N) is 2. The van der Waals surface area contributed by atoms with Crippen LogP contribution in [0, 0.1) is 0 Å². The van der Waals surface area contributed by atoms with E-state index in [1.807, 2.05) is 0 Å². The van der Waals surface area contributed by atoms with E-state index in [0.717, 1.165) is 0 Å². The maximum atomic E-state index is 12.7. The Morgan fingerprint density at radius 3 is 2.71 bits per heavy atom. The molecule has 0 atom stereocenters. The van der Waals surface area contributed by atoms with Crippen molar-refractivity contribution in [2.45, 2.75) is 6.42 Å². The molecule has 1 amide bonds. The van der Waals surface area contributed by atoms with Gasteiger partial charge in [0, 0.05) is 36.5 Å². The second-order valence-corrected chi connectivity index (χ2v) is 4.72. The predicted molar refractivity (Wildman–Crippen MR) is 77.9 cm³/mol. The van der Waals surface area contributed by atoms with Crippen LogP contribution in [0.4, 0.5) is 5.69 Å². The number of benzene rings is 1. The summed E-state index contributed by atoms with van der Waals surface area (Å²) in [5.41, 5.74) is 1.62. The van der Waals surface area contributed by atoms with E-state index in [1.54, 1.807) is 47.6 Å². The molecule has 0 N–H and O–H groups in total. The Bertz CT molecular complexity index is 698. The van der Waals surface area contributed by atoms with Gasteiger partial charge in [0.2, 0.25) is 0 Å². The number of carbonyl (C=O) groups is 2. The van der Waals surface area contributed by atoms with Crippen molar-refractivity contribution in [1.29, 1.82) is 0 Å². The number of para-hydroxylation sites is 1. The van der Waals surface area contributed by atoms with Crippen LogP contribution in [-0.4, -0.2) is 30.3 Å². The van der Waals surface area contributed by atoms with Crippen LogP contribution < -0.4 is 9.64 Å². The fraction of sp³-hybridized carbons (Fsp3) is 0.188. The predicted octanol–water partition coefficient (Wildman–Crippen LogP) is 2.32. The Balaban J connectivity index is 2.09. The molecule has 5 nitrogen and oxygen atoms in total. The molecule has 0 radical (unpaired) electrons. The summed E-state index contributed by atoms with van der Waals surface area (Å²) in [5.74, 6) is 0.404. The highest BCUT2D eigenvalue weighted by Gasteiger charge is 2.30. The van der Waals surface area contributed by atoms with Crippen molar-refractivity contribution >= 4 is 17.4 Å². The summed E-state index contributed by atoms with van der Waals surface area (Å²) >= 11 is 0. The van der Waals surface area contributed by atoms with E-state index in [1.165, 1.54) is 7.11 Å². The first-order chi connectivity index (χ1) is 10.2. The van der Waals surface area contributed by atoms with Crippen LogP contribution in [0.2, 0.25) is 0 Å². The number of ether oxygens (including phenoxy) is 1. The topological polar surface area (TPSA) is 59.5 Å². The number of ketones is 1. The first-order valence-electron chi connectivity index (χ1n) is 6.64. The van der Waals surface area contributed by atoms with E-state index in [2.05, 4.69) is 4.98 Å². The molecule has 1 aromatic heterocycles. The Hall–Kier alpha value is -2.69. The lowest BCUT2D eigenvalue weighted by molar-refractivity contribution is 0.0954. The van der Waals surface area contributed by atoms with Crippen LogP contribution in [0.3, 0.4) is 0 Å². The minimum Gasteiger partial charge on any atom is -0.495 e. The van der Waals surface area contributed by atoms with Crippen molar-refractivity contribution in [2.75, 3.05) is 18.6 Å². The lowest BCUT2D eigenvalue weighted by Gasteiger charge is -2.30. The highest BCUT2D eigenvalue weighted by molar-refractivity contribution is 6.14. The number of fused-ring (bicyclic) bond motifs is 1. The van der Waals surface area contributed by atoms with Gasteiger partial charge in [0.05, 0.1) is 12.8 Å². The van der Waals surface area contributed by atoms with Gasteiger partial charge in [-0.15, -0.1) is 0 Å². The van der Waals surface area contributed by atoms with Crippen LogP contribution in [0.5, 0.6) is 5.75 Å². The third-order valence-electron chi connectivity index (χ3n) is 3.52. The van der Waals surface area contributed by atoms with Crippen LogP contribution in [-0.2, 0) is 0 Å². The molecule has 0 bridgehead atoms. The molecule has 106 valence electrons. The number of aromatic nitrogens is 1. The van der Waals surface area contributed by atoms with E-state index >= 15 is 0 Å². The number of hydrogen-bond donors (Lipinski definition) is 0. The van der Waals surface area contributed by atoms with Gasteiger partial charge < -0.3 is 9.64 Å². The quantitative estimate of drug-likeness (QED) is 0.848. The number of hydrogen-bond acceptors (Lipinski definition) is 4. The standard InChI is InChI=1S/C16H14N2O3/c1-21-14-4-2-3-12-13(19)7-10-18(15(12)14)16(20)11-5-8-17-9-6-11/h2-6,8-9H,7,10H2,1H3. The first-order valence-corrected chi connectivity index (χ1v) is 6.64. The molecule has 5 heteroatoms. The number of pyridine rings is 1. The van der Waals surface area contributed by atoms with Crippen LogP contribution in [0.25, 0.3) is 0 Å². The van der Waals surface area contributed by atoms with Gasteiger partial charge >= 0.3 is 0 Å². The normalized spacial score (nSPS) is 13.8. The zero-order valence-corrected chi connectivity index (χ0v) is 11.6. The lowest BCUT2D eigenvalue weighted by Crippen LogP contribution is -2.37. The molecule has 3 rings (SSSR count). The summed E-state index contributed by atoms with van der Waals surface area (Å²) < 4.78 is 5.32. The minimum atomic E-state index is -0.157. The SMILES string of the molecule is COc1cccc2c1N(C(=O)c1ccncc1)CCC2=O. The Kier molecular flexibility index (Phi) is 3.39. The zero-order valence-electron chi connectivity index (χ0n) is 11.6. The Morgan fingerprint density at radius 2 is 2.00 bits per heavy atom. The van der Waals surface area contributed by atoms with Gasteiger partial charge in [-0.05, 0) is 24.3 Å². The largest absolute Gasteiger partial charge is 0.495 e. The summed E-state index contributed by atoms with van der Waals surface area (Å²) in [6.07, 6.45) is 3.47. The van der Waals surface area contributed by atoms with Gasteiger partial charge in [-0.3, -0.25) is 14.6 Å². The summed E-state index contributed by atoms with van der Waals surface area (Å²) in [7, 11) is 1.53. The molecule has 1 aromatic carbocycles. The number of amides is 1. The van der Waals surface area contributed by atoms with Crippen LogP contribution in [0.15, 0.2) is 42.7 Å². The fourth-order valence-electron chi connectivity index (χ4n) is 2.50. The summed E-state index contributed by atoms with van der Waals surface area (Å²) in [4.78, 5) is 30.2. The number of anilines is 1. The molecule has 0 unspecified atom stereocenters. The van der Waals surface area contributed by atoms with Crippen LogP contribution >= 0.6 is 0 Å². The monoisotopic (exact) mass is 282 g/mol. The molecular formula is C16H14N2O3. The molecular weight excluding hydrogens is 268 g/mol. The molecule has 0 saturated carbocycles. The highest BCUT2D eigenvalue weighted by atomic mass is 16.5. The van der Waals surface area contributed by atoms with Crippen molar-refractivity contribution < 1.29 is 14.3 Å². The van der Waals surface area contributed by atoms with Crippen molar-refractivity contribution in [3.05, 3.63) is 53.9 Å². The van der Waals surface area contributed by atoms with E-state index < -0.39 is 0 Å². The van der Waals surface area contributed by atoms with Gasteiger partial charge in [-0.1, -0.05) is 6.07 Å². The number of carbonyl (C=O) groups excluding carboxylic acids is 2. The number of Topliss-reactive ketones (excluding diaryl/α,β-unsaturated/α-hetero) is 1. The van der Waals surface area contributed by atoms with Crippen molar-refractivity contribution in [3.8, 4) is 5.75 Å². The molecule has 1 aliphatic rings. The van der Waals surface area contributed by atoms with Gasteiger partial charge in [0.15, 0.2) is 5.78 Å². The van der Waals surface area contributed by atoms with Gasteiger partial charge in [-0.2, -0.15) is 0 Å². The Morgan fingerprint density at radius 1 is 1.24 bits per heavy atom. The third-order valence-corrected chi connectivity index (χ3v) is 3.52. The van der Waals surface area contributed by atoms with Gasteiger partial charge in [0.1, 0.15) is 5.75 Å². The van der Waals surface area contributed by atoms with Crippen molar-refractivity contribution in [3.63, 3.8) is 0 Å². The number of rotatable bonds is 2. The second kappa shape index (κ2) is 5.36. The molecule has 2 aromatic rings. The number of methoxy groups -OCH3 is 1. The lowest BCUT2D eigenvalue weighted by atomic mass is 9.99. The third kappa shape index (κ3) is 2.27. The van der Waals surface area contributed by atoms with Gasteiger partial charge in [-0.25, -0.2) is 0 Å². The van der Waals surface area contributed by atoms with E-state index in [9.17, 15) is 9.59 Å². The molecule has 2 heterocycles. The summed E-state index contributed by atoms with van der Waals surface area (Å²) in [6.45, 7) is 0.355.